The first kappa shape index (κ1) is 28.2. The van der Waals surface area contributed by atoms with Crippen LogP contribution in [0.4, 0.5) is 22.7 Å². The van der Waals surface area contributed by atoms with Crippen LogP contribution in [-0.4, -0.2) is 9.13 Å². The van der Waals surface area contributed by atoms with E-state index in [0.29, 0.717) is 16.9 Å². The van der Waals surface area contributed by atoms with Crippen LogP contribution in [0, 0.1) is 17.9 Å². The number of hydrogen-bond donors (Lipinski definition) is 0. The minimum absolute atomic E-state index is 0.419. The van der Waals surface area contributed by atoms with Gasteiger partial charge in [0.2, 0.25) is 5.69 Å². The lowest BCUT2D eigenvalue weighted by Gasteiger charge is -2.25. The minimum atomic E-state index is 0.419. The zero-order valence-corrected chi connectivity index (χ0v) is 26.3. The molecular formula is C44H27N5. The number of aromatic nitrogens is 2. The molecule has 228 valence electrons. The molecule has 0 fully saturated rings. The summed E-state index contributed by atoms with van der Waals surface area (Å²) in [5.74, 6) is 0. The molecule has 5 heteroatoms. The van der Waals surface area contributed by atoms with Crippen molar-refractivity contribution in [1.29, 1.82) is 5.26 Å². The molecule has 0 radical (unpaired) electrons. The second-order valence-corrected chi connectivity index (χ2v) is 12.0. The Morgan fingerprint density at radius 3 is 1.53 bits per heavy atom. The first-order valence-corrected chi connectivity index (χ1v) is 16.1. The predicted octanol–water partition coefficient (Wildman–Crippen LogP) is 11.8. The van der Waals surface area contributed by atoms with Gasteiger partial charge >= 0.3 is 0 Å². The third kappa shape index (κ3) is 4.38. The lowest BCUT2D eigenvalue weighted by atomic mass is 10.1. The fraction of sp³-hybridized carbons (Fsp3) is 0. The highest BCUT2D eigenvalue weighted by Crippen LogP contribution is 2.42. The number of benzene rings is 7. The van der Waals surface area contributed by atoms with Gasteiger partial charge in [-0.05, 0) is 72.8 Å². The average molecular weight is 626 g/mol. The molecule has 49 heavy (non-hydrogen) atoms. The molecule has 0 saturated carbocycles. The molecule has 0 N–H and O–H groups in total. The summed E-state index contributed by atoms with van der Waals surface area (Å²) < 4.78 is 4.25. The lowest BCUT2D eigenvalue weighted by Crippen LogP contribution is -2.09. The summed E-state index contributed by atoms with van der Waals surface area (Å²) in [6.07, 6.45) is 0. The second-order valence-electron chi connectivity index (χ2n) is 12.0. The number of para-hydroxylation sites is 5. The van der Waals surface area contributed by atoms with Gasteiger partial charge in [0.25, 0.3) is 0 Å². The summed E-state index contributed by atoms with van der Waals surface area (Å²) in [5, 5.41) is 15.0. The first-order valence-electron chi connectivity index (χ1n) is 16.1. The van der Waals surface area contributed by atoms with Gasteiger partial charge in [0.05, 0.1) is 39.9 Å². The molecule has 0 amide bonds. The first-order chi connectivity index (χ1) is 24.2. The van der Waals surface area contributed by atoms with Crippen molar-refractivity contribution < 1.29 is 0 Å². The van der Waals surface area contributed by atoms with E-state index < -0.39 is 0 Å². The Hall–Kier alpha value is -7.08. The van der Waals surface area contributed by atoms with Gasteiger partial charge in [0.1, 0.15) is 6.07 Å². The fourth-order valence-corrected chi connectivity index (χ4v) is 7.28. The lowest BCUT2D eigenvalue weighted by molar-refractivity contribution is 1.14. The number of anilines is 3. The summed E-state index contributed by atoms with van der Waals surface area (Å²) in [7, 11) is 0. The topological polar surface area (TPSA) is 41.2 Å². The molecule has 7 aromatic carbocycles. The maximum atomic E-state index is 10.7. The van der Waals surface area contributed by atoms with Crippen LogP contribution >= 0.6 is 0 Å². The summed E-state index contributed by atoms with van der Waals surface area (Å²) in [6, 6.07) is 58.3. The smallest absolute Gasteiger partial charge is 0.214 e. The molecular weight excluding hydrogens is 599 g/mol. The SMILES string of the molecule is [C-]#[N+]c1cc(-n2c3ccccc3c3cc(N(c4ccccc4)c4ccccc4)ccc32)cc(C#N)c1-n1c2ccccc2c2ccccc21. The third-order valence-corrected chi connectivity index (χ3v) is 9.32. The maximum Gasteiger partial charge on any atom is 0.214 e. The quantitative estimate of drug-likeness (QED) is 0.179. The van der Waals surface area contributed by atoms with Crippen LogP contribution < -0.4 is 4.90 Å². The number of nitrogens with zero attached hydrogens (tertiary/aromatic N) is 5. The maximum absolute atomic E-state index is 10.7. The standard InChI is InChI=1S/C44H27N5/c1-46-39-28-34(26-30(29-45)44(39)49-41-22-12-8-18-35(41)36-19-9-13-23-42(36)49)48-40-21-11-10-20-37(40)38-27-33(24-25-43(38)48)47(31-14-4-2-5-15-31)32-16-6-3-7-17-32/h2-28H. The third-order valence-electron chi connectivity index (χ3n) is 9.32. The molecule has 0 unspecified atom stereocenters. The molecule has 0 aliphatic carbocycles. The predicted molar refractivity (Wildman–Crippen MR) is 201 cm³/mol. The van der Waals surface area contributed by atoms with Crippen molar-refractivity contribution in [2.75, 3.05) is 4.90 Å². The van der Waals surface area contributed by atoms with Crippen molar-refractivity contribution in [2.24, 2.45) is 0 Å². The van der Waals surface area contributed by atoms with Gasteiger partial charge in [-0.3, -0.25) is 0 Å². The molecule has 0 spiro atoms. The number of nitriles is 1. The summed E-state index contributed by atoms with van der Waals surface area (Å²) in [5.41, 5.74) is 9.33. The molecule has 0 atom stereocenters. The summed E-state index contributed by atoms with van der Waals surface area (Å²) in [6.45, 7) is 8.35. The van der Waals surface area contributed by atoms with Crippen LogP contribution in [0.15, 0.2) is 164 Å². The highest BCUT2D eigenvalue weighted by Gasteiger charge is 2.22. The van der Waals surface area contributed by atoms with Crippen LogP contribution in [0.1, 0.15) is 5.56 Å². The van der Waals surface area contributed by atoms with Gasteiger partial charge in [-0.2, -0.15) is 5.26 Å². The molecule has 2 heterocycles. The highest BCUT2D eigenvalue weighted by molar-refractivity contribution is 6.12. The van der Waals surface area contributed by atoms with Crippen LogP contribution in [0.25, 0.3) is 59.8 Å². The van der Waals surface area contributed by atoms with Crippen LogP contribution in [0.2, 0.25) is 0 Å². The van der Waals surface area contributed by atoms with Gasteiger partial charge in [-0.25, -0.2) is 4.85 Å². The molecule has 0 aliphatic heterocycles. The Morgan fingerprint density at radius 1 is 0.490 bits per heavy atom. The van der Waals surface area contributed by atoms with Gasteiger partial charge in [-0.15, -0.1) is 0 Å². The normalized spacial score (nSPS) is 11.2. The van der Waals surface area contributed by atoms with E-state index in [-0.39, 0.29) is 0 Å². The van der Waals surface area contributed by atoms with Crippen molar-refractivity contribution in [2.45, 2.75) is 0 Å². The van der Waals surface area contributed by atoms with E-state index >= 15 is 0 Å². The zero-order valence-electron chi connectivity index (χ0n) is 26.3. The fourth-order valence-electron chi connectivity index (χ4n) is 7.28. The average Bonchev–Trinajstić information content (AvgIpc) is 3.68. The van der Waals surface area contributed by atoms with Gasteiger partial charge in [0.15, 0.2) is 0 Å². The molecule has 0 bridgehead atoms. The Bertz CT molecular complexity index is 2670. The van der Waals surface area contributed by atoms with Crippen LogP contribution in [0.5, 0.6) is 0 Å². The largest absolute Gasteiger partial charge is 0.318 e. The number of hydrogen-bond acceptors (Lipinski definition) is 2. The van der Waals surface area contributed by atoms with E-state index in [1.807, 2.05) is 54.6 Å². The second kappa shape index (κ2) is 11.3. The van der Waals surface area contributed by atoms with E-state index in [9.17, 15) is 5.26 Å². The van der Waals surface area contributed by atoms with Gasteiger partial charge < -0.3 is 14.0 Å². The number of fused-ring (bicyclic) bond motifs is 6. The van der Waals surface area contributed by atoms with E-state index in [2.05, 4.69) is 134 Å². The molecule has 5 nitrogen and oxygen atoms in total. The Balaban J connectivity index is 1.29. The zero-order chi connectivity index (χ0) is 32.9. The summed E-state index contributed by atoms with van der Waals surface area (Å²) in [4.78, 5) is 6.30. The summed E-state index contributed by atoms with van der Waals surface area (Å²) >= 11 is 0. The van der Waals surface area contributed by atoms with E-state index in [4.69, 9.17) is 6.57 Å². The Kier molecular flexibility index (Phi) is 6.50. The molecule has 9 rings (SSSR count). The van der Waals surface area contributed by atoms with Gasteiger partial charge in [0, 0.05) is 44.3 Å². The highest BCUT2D eigenvalue weighted by atomic mass is 15.1. The van der Waals surface area contributed by atoms with Crippen molar-refractivity contribution in [3.05, 3.63) is 181 Å². The monoisotopic (exact) mass is 625 g/mol. The van der Waals surface area contributed by atoms with E-state index in [0.717, 1.165) is 66.4 Å². The van der Waals surface area contributed by atoms with Crippen LogP contribution in [-0.2, 0) is 0 Å². The molecule has 2 aromatic heterocycles. The van der Waals surface area contributed by atoms with Crippen LogP contribution in [0.3, 0.4) is 0 Å². The number of rotatable bonds is 5. The van der Waals surface area contributed by atoms with Crippen molar-refractivity contribution in [3.8, 4) is 17.4 Å². The Morgan fingerprint density at radius 2 is 0.980 bits per heavy atom. The molecule has 0 aliphatic rings. The van der Waals surface area contributed by atoms with Crippen molar-refractivity contribution in [3.63, 3.8) is 0 Å². The van der Waals surface area contributed by atoms with E-state index in [1.54, 1.807) is 0 Å². The molecule has 9 aromatic rings. The van der Waals surface area contributed by atoms with E-state index in [1.165, 1.54) is 0 Å². The molecule has 0 saturated heterocycles. The van der Waals surface area contributed by atoms with Crippen molar-refractivity contribution in [1.82, 2.24) is 9.13 Å². The minimum Gasteiger partial charge on any atom is -0.318 e. The Labute approximate surface area is 283 Å². The van der Waals surface area contributed by atoms with Gasteiger partial charge in [-0.1, -0.05) is 91.0 Å². The van der Waals surface area contributed by atoms with Crippen molar-refractivity contribution >= 4 is 66.4 Å².